The van der Waals surface area contributed by atoms with E-state index in [1.165, 1.54) is 12.8 Å². The Morgan fingerprint density at radius 3 is 2.74 bits per heavy atom. The molecule has 1 aliphatic carbocycles. The molecule has 7 heteroatoms. The molecule has 2 fully saturated rings. The van der Waals surface area contributed by atoms with Crippen molar-refractivity contribution in [3.63, 3.8) is 0 Å². The lowest BCUT2D eigenvalue weighted by Crippen LogP contribution is -2.27. The minimum atomic E-state index is 0.0955. The molecule has 6 nitrogen and oxygen atoms in total. The first-order valence-electron chi connectivity index (χ1n) is 8.34. The number of aryl methyl sites for hydroxylation is 2. The van der Waals surface area contributed by atoms with Gasteiger partial charge in [-0.1, -0.05) is 16.8 Å². The largest absolute Gasteiger partial charge is 0.338 e. The number of aromatic nitrogens is 4. The predicted molar refractivity (Wildman–Crippen MR) is 86.3 cm³/mol. The third-order valence-corrected chi connectivity index (χ3v) is 5.53. The third kappa shape index (κ3) is 2.58. The summed E-state index contributed by atoms with van der Waals surface area (Å²) in [5, 5.41) is 9.35. The molecule has 1 aliphatic heterocycles. The van der Waals surface area contributed by atoms with Crippen LogP contribution in [0.15, 0.2) is 4.52 Å². The number of nitrogens with zero attached hydrogens (tertiary/aromatic N) is 5. The molecular formula is C16H22ClN5O. The van der Waals surface area contributed by atoms with Gasteiger partial charge in [-0.25, -0.2) is 0 Å². The Hall–Kier alpha value is -1.40. The lowest BCUT2D eigenvalue weighted by atomic mass is 10.0. The summed E-state index contributed by atoms with van der Waals surface area (Å²) < 4.78 is 7.29. The molecule has 1 saturated carbocycles. The number of hydrogen-bond donors (Lipinski definition) is 0. The average molecular weight is 336 g/mol. The van der Waals surface area contributed by atoms with Crippen LogP contribution in [-0.2, 0) is 7.05 Å². The molecule has 0 spiro atoms. The van der Waals surface area contributed by atoms with E-state index in [1.54, 1.807) is 4.68 Å². The highest BCUT2D eigenvalue weighted by Gasteiger charge is 2.37. The van der Waals surface area contributed by atoms with E-state index in [0.29, 0.717) is 5.92 Å². The lowest BCUT2D eigenvalue weighted by Gasteiger charge is -2.28. The van der Waals surface area contributed by atoms with Crippen LogP contribution in [0.3, 0.4) is 0 Å². The van der Waals surface area contributed by atoms with Crippen LogP contribution >= 0.6 is 11.6 Å². The Morgan fingerprint density at radius 1 is 1.30 bits per heavy atom. The van der Waals surface area contributed by atoms with Gasteiger partial charge >= 0.3 is 0 Å². The van der Waals surface area contributed by atoms with E-state index in [9.17, 15) is 0 Å². The van der Waals surface area contributed by atoms with Gasteiger partial charge in [0.2, 0.25) is 5.89 Å². The maximum absolute atomic E-state index is 6.49. The molecule has 1 saturated heterocycles. The number of halogens is 1. The molecule has 2 aliphatic rings. The minimum absolute atomic E-state index is 0.0955. The van der Waals surface area contributed by atoms with Crippen LogP contribution in [0.5, 0.6) is 0 Å². The summed E-state index contributed by atoms with van der Waals surface area (Å²) >= 11 is 6.49. The summed E-state index contributed by atoms with van der Waals surface area (Å²) in [6.45, 7) is 5.18. The Labute approximate surface area is 140 Å². The summed E-state index contributed by atoms with van der Waals surface area (Å²) in [5.74, 6) is 2.11. The van der Waals surface area contributed by atoms with Crippen molar-refractivity contribution in [1.29, 1.82) is 0 Å². The minimum Gasteiger partial charge on any atom is -0.338 e. The van der Waals surface area contributed by atoms with Crippen molar-refractivity contribution < 1.29 is 4.52 Å². The maximum atomic E-state index is 6.49. The Morgan fingerprint density at radius 2 is 2.09 bits per heavy atom. The Kier molecular flexibility index (Phi) is 3.69. The SMILES string of the molecule is Cc1nn(C)c(Cl)c1[C@@H]1CCCN1[C@H](C)c1nc(C2CC2)no1. The van der Waals surface area contributed by atoms with E-state index in [4.69, 9.17) is 16.1 Å². The number of hydrogen-bond acceptors (Lipinski definition) is 5. The number of rotatable bonds is 4. The van der Waals surface area contributed by atoms with Gasteiger partial charge in [0.1, 0.15) is 5.15 Å². The molecule has 0 unspecified atom stereocenters. The first-order valence-corrected chi connectivity index (χ1v) is 8.72. The fourth-order valence-electron chi connectivity index (χ4n) is 3.65. The van der Waals surface area contributed by atoms with Crippen molar-refractivity contribution >= 4 is 11.6 Å². The topological polar surface area (TPSA) is 60.0 Å². The molecule has 0 radical (unpaired) electrons. The van der Waals surface area contributed by atoms with Crippen LogP contribution in [0.4, 0.5) is 0 Å². The van der Waals surface area contributed by atoms with Crippen molar-refractivity contribution in [2.75, 3.05) is 6.54 Å². The molecule has 2 aromatic heterocycles. The molecule has 2 atom stereocenters. The summed E-state index contributed by atoms with van der Waals surface area (Å²) in [7, 11) is 1.89. The van der Waals surface area contributed by atoms with Crippen molar-refractivity contribution in [3.05, 3.63) is 28.1 Å². The monoisotopic (exact) mass is 335 g/mol. The Balaban J connectivity index is 1.61. The zero-order valence-corrected chi connectivity index (χ0v) is 14.5. The molecule has 0 amide bonds. The smallest absolute Gasteiger partial charge is 0.243 e. The average Bonchev–Trinajstić information content (AvgIpc) is 2.96. The van der Waals surface area contributed by atoms with E-state index in [2.05, 4.69) is 27.1 Å². The molecule has 0 N–H and O–H groups in total. The molecule has 23 heavy (non-hydrogen) atoms. The van der Waals surface area contributed by atoms with Crippen LogP contribution in [0, 0.1) is 6.92 Å². The van der Waals surface area contributed by atoms with Crippen molar-refractivity contribution in [2.24, 2.45) is 7.05 Å². The van der Waals surface area contributed by atoms with Gasteiger partial charge in [0, 0.05) is 24.6 Å². The van der Waals surface area contributed by atoms with E-state index in [1.807, 2.05) is 14.0 Å². The highest BCUT2D eigenvalue weighted by atomic mass is 35.5. The van der Waals surface area contributed by atoms with Gasteiger partial charge in [-0.2, -0.15) is 10.1 Å². The van der Waals surface area contributed by atoms with Crippen LogP contribution in [0.2, 0.25) is 5.15 Å². The van der Waals surface area contributed by atoms with Crippen molar-refractivity contribution in [2.45, 2.75) is 57.5 Å². The van der Waals surface area contributed by atoms with Gasteiger partial charge < -0.3 is 4.52 Å². The van der Waals surface area contributed by atoms with Gasteiger partial charge in [0.15, 0.2) is 5.82 Å². The van der Waals surface area contributed by atoms with Crippen LogP contribution in [0.25, 0.3) is 0 Å². The van der Waals surface area contributed by atoms with E-state index >= 15 is 0 Å². The van der Waals surface area contributed by atoms with Crippen molar-refractivity contribution in [3.8, 4) is 0 Å². The molecule has 2 aromatic rings. The second kappa shape index (κ2) is 5.60. The van der Waals surface area contributed by atoms with Crippen molar-refractivity contribution in [1.82, 2.24) is 24.8 Å². The summed E-state index contributed by atoms with van der Waals surface area (Å²) in [6, 6.07) is 0.362. The van der Waals surface area contributed by atoms with Gasteiger partial charge in [0.05, 0.1) is 11.7 Å². The zero-order valence-electron chi connectivity index (χ0n) is 13.8. The second-order valence-corrected chi connectivity index (χ2v) is 7.11. The van der Waals surface area contributed by atoms with E-state index < -0.39 is 0 Å². The molecule has 4 rings (SSSR count). The summed E-state index contributed by atoms with van der Waals surface area (Å²) in [5.41, 5.74) is 2.14. The predicted octanol–water partition coefficient (Wildman–Crippen LogP) is 3.54. The molecule has 0 bridgehead atoms. The van der Waals surface area contributed by atoms with Gasteiger partial charge in [-0.15, -0.1) is 0 Å². The summed E-state index contributed by atoms with van der Waals surface area (Å²) in [6.07, 6.45) is 4.60. The standard InChI is InChI=1S/C16H22ClN5O/c1-9-13(14(17)21(3)19-9)12-5-4-8-22(12)10(2)16-18-15(20-23-16)11-6-7-11/h10-12H,4-8H2,1-3H3/t10-,12+/m1/s1. The summed E-state index contributed by atoms with van der Waals surface area (Å²) in [4.78, 5) is 7.04. The zero-order chi connectivity index (χ0) is 16.1. The molecule has 3 heterocycles. The molecule has 124 valence electrons. The second-order valence-electron chi connectivity index (χ2n) is 6.75. The quantitative estimate of drug-likeness (QED) is 0.855. The third-order valence-electron chi connectivity index (χ3n) is 5.08. The fraction of sp³-hybridized carbons (Fsp3) is 0.688. The fourth-order valence-corrected chi connectivity index (χ4v) is 3.95. The maximum Gasteiger partial charge on any atom is 0.243 e. The Bertz CT molecular complexity index is 720. The van der Waals surface area contributed by atoms with Gasteiger partial charge in [-0.05, 0) is 46.1 Å². The highest BCUT2D eigenvalue weighted by Crippen LogP contribution is 2.43. The molecule has 0 aromatic carbocycles. The van der Waals surface area contributed by atoms with E-state index in [-0.39, 0.29) is 12.1 Å². The lowest BCUT2D eigenvalue weighted by molar-refractivity contribution is 0.158. The first-order chi connectivity index (χ1) is 11.1. The molecular weight excluding hydrogens is 314 g/mol. The van der Waals surface area contributed by atoms with Crippen LogP contribution < -0.4 is 0 Å². The van der Waals surface area contributed by atoms with Gasteiger partial charge in [-0.3, -0.25) is 9.58 Å². The van der Waals surface area contributed by atoms with E-state index in [0.717, 1.165) is 47.5 Å². The van der Waals surface area contributed by atoms with Crippen LogP contribution in [0.1, 0.15) is 73.6 Å². The normalized spacial score (nSPS) is 23.6. The number of likely N-dealkylation sites (tertiary alicyclic amines) is 1. The highest BCUT2D eigenvalue weighted by molar-refractivity contribution is 6.30. The van der Waals surface area contributed by atoms with Gasteiger partial charge in [0.25, 0.3) is 0 Å². The van der Waals surface area contributed by atoms with Crippen LogP contribution in [-0.4, -0.2) is 31.4 Å². The first kappa shape index (κ1) is 15.1.